The van der Waals surface area contributed by atoms with Gasteiger partial charge in [0.15, 0.2) is 0 Å². The molecule has 0 spiro atoms. The van der Waals surface area contributed by atoms with Crippen molar-refractivity contribution in [3.05, 3.63) is 24.0 Å². The van der Waals surface area contributed by atoms with E-state index in [1.807, 2.05) is 0 Å². The molecule has 1 aromatic heterocycles. The van der Waals surface area contributed by atoms with Crippen LogP contribution in [0.1, 0.15) is 24.6 Å². The molecule has 1 amide bonds. The molecule has 21 heavy (non-hydrogen) atoms. The van der Waals surface area contributed by atoms with Crippen LogP contribution in [0, 0.1) is 0 Å². The van der Waals surface area contributed by atoms with Crippen LogP contribution in [0.15, 0.2) is 18.5 Å². The third kappa shape index (κ3) is 4.65. The van der Waals surface area contributed by atoms with Gasteiger partial charge in [-0.1, -0.05) is 0 Å². The smallest absolute Gasteiger partial charge is 1.00 e. The Morgan fingerprint density at radius 2 is 2.05 bits per heavy atom. The van der Waals surface area contributed by atoms with Crippen LogP contribution in [0.2, 0.25) is 0 Å². The van der Waals surface area contributed by atoms with Crippen LogP contribution in [0.4, 0.5) is 4.79 Å². The molecule has 0 atom stereocenters. The van der Waals surface area contributed by atoms with Gasteiger partial charge < -0.3 is 20.9 Å². The molecular formula is C13H17LiN2O5. The van der Waals surface area contributed by atoms with E-state index in [1.54, 1.807) is 4.90 Å². The van der Waals surface area contributed by atoms with E-state index < -0.39 is 5.97 Å². The fourth-order valence-corrected chi connectivity index (χ4v) is 2.08. The van der Waals surface area contributed by atoms with E-state index in [0.717, 1.165) is 0 Å². The molecule has 2 rings (SSSR count). The van der Waals surface area contributed by atoms with Gasteiger partial charge in [-0.05, 0) is 6.07 Å². The summed E-state index contributed by atoms with van der Waals surface area (Å²) in [5.74, 6) is -0.607. The summed E-state index contributed by atoms with van der Waals surface area (Å²) in [6.07, 6.45) is 3.72. The van der Waals surface area contributed by atoms with E-state index in [9.17, 15) is 9.59 Å². The van der Waals surface area contributed by atoms with Crippen molar-refractivity contribution in [2.45, 2.75) is 18.9 Å². The number of rotatable bonds is 3. The normalized spacial score (nSPS) is 15.0. The third-order valence-corrected chi connectivity index (χ3v) is 3.14. The Morgan fingerprint density at radius 1 is 1.38 bits per heavy atom. The van der Waals surface area contributed by atoms with Gasteiger partial charge in [0.05, 0.1) is 18.9 Å². The quantitative estimate of drug-likeness (QED) is 0.681. The molecule has 110 valence electrons. The second-order valence-electron chi connectivity index (χ2n) is 4.49. The number of aromatic carboxylic acids is 1. The number of nitrogens with zero attached hydrogens (tertiary/aromatic N) is 2. The average Bonchev–Trinajstić information content (AvgIpc) is 2.47. The van der Waals surface area contributed by atoms with Gasteiger partial charge in [-0.25, -0.2) is 9.59 Å². The van der Waals surface area contributed by atoms with E-state index in [2.05, 4.69) is 9.72 Å². The Labute approximate surface area is 135 Å². The molecule has 2 heterocycles. The zero-order valence-corrected chi connectivity index (χ0v) is 12.1. The molecule has 0 bridgehead atoms. The monoisotopic (exact) mass is 288 g/mol. The van der Waals surface area contributed by atoms with E-state index in [4.69, 9.17) is 9.84 Å². The van der Waals surface area contributed by atoms with Crippen LogP contribution >= 0.6 is 0 Å². The van der Waals surface area contributed by atoms with E-state index in [-0.39, 0.29) is 38.0 Å². The maximum atomic E-state index is 11.3. The van der Waals surface area contributed by atoms with Gasteiger partial charge in [-0.2, -0.15) is 0 Å². The van der Waals surface area contributed by atoms with Crippen molar-refractivity contribution in [1.82, 2.24) is 9.88 Å². The van der Waals surface area contributed by atoms with Crippen LogP contribution in [-0.2, 0) is 4.74 Å². The number of hydrogen-bond donors (Lipinski definition) is 1. The Hall–Kier alpha value is -1.71. The molecule has 1 fully saturated rings. The van der Waals surface area contributed by atoms with E-state index in [0.29, 0.717) is 31.7 Å². The van der Waals surface area contributed by atoms with Gasteiger partial charge in [0.25, 0.3) is 0 Å². The molecule has 1 saturated heterocycles. The zero-order chi connectivity index (χ0) is 14.5. The van der Waals surface area contributed by atoms with Crippen LogP contribution in [0.5, 0.6) is 5.75 Å². The number of methoxy groups -OCH3 is 1. The predicted octanol–water partition coefficient (Wildman–Crippen LogP) is -1.49. The summed E-state index contributed by atoms with van der Waals surface area (Å²) in [5.41, 5.74) is 0.0921. The molecule has 0 saturated carbocycles. The summed E-state index contributed by atoms with van der Waals surface area (Å²) in [4.78, 5) is 27.6. The molecule has 0 radical (unpaired) electrons. The number of piperidine rings is 1. The first-order chi connectivity index (χ1) is 9.60. The number of ether oxygens (including phenoxy) is 2. The fraction of sp³-hybridized carbons (Fsp3) is 0.462. The van der Waals surface area contributed by atoms with Gasteiger partial charge in [0, 0.05) is 32.1 Å². The number of hydrogen-bond acceptors (Lipinski definition) is 5. The summed E-state index contributed by atoms with van der Waals surface area (Å²) in [5, 5.41) is 8.88. The summed E-state index contributed by atoms with van der Waals surface area (Å²) >= 11 is 0. The Kier molecular flexibility index (Phi) is 6.53. The second-order valence-corrected chi connectivity index (χ2v) is 4.49. The van der Waals surface area contributed by atoms with E-state index >= 15 is 0 Å². The van der Waals surface area contributed by atoms with Crippen LogP contribution < -0.4 is 23.6 Å². The van der Waals surface area contributed by atoms with Gasteiger partial charge in [-0.15, -0.1) is 0 Å². The number of pyridine rings is 1. The van der Waals surface area contributed by atoms with Crippen LogP contribution in [0.25, 0.3) is 0 Å². The number of carboxylic acids is 1. The molecule has 0 unspecified atom stereocenters. The van der Waals surface area contributed by atoms with Crippen molar-refractivity contribution < 1.29 is 44.5 Å². The molecule has 1 N–H and O–H groups in total. The third-order valence-electron chi connectivity index (χ3n) is 3.14. The van der Waals surface area contributed by atoms with Crippen molar-refractivity contribution in [3.8, 4) is 5.75 Å². The standard InChI is InChI=1S/C13H16N2O5.Li.H/c1-19-13(18)15-4-2-10(3-5-15)20-11-6-9(12(16)17)7-14-8-11;;/h6-8,10H,2-5H2,1H3,(H,16,17);;/q;+1;-1. The number of aromatic nitrogens is 1. The molecule has 8 heteroatoms. The summed E-state index contributed by atoms with van der Waals surface area (Å²) < 4.78 is 10.4. The van der Waals surface area contributed by atoms with Crippen molar-refractivity contribution in [2.75, 3.05) is 20.2 Å². The minimum absolute atomic E-state index is 0. The van der Waals surface area contributed by atoms with Gasteiger partial charge in [-0.3, -0.25) is 4.98 Å². The number of carbonyl (C=O) groups excluding carboxylic acids is 1. The number of likely N-dealkylation sites (tertiary alicyclic amines) is 1. The minimum atomic E-state index is -1.04. The zero-order valence-electron chi connectivity index (χ0n) is 13.1. The van der Waals surface area contributed by atoms with Crippen molar-refractivity contribution in [3.63, 3.8) is 0 Å². The molecule has 0 aromatic carbocycles. The first kappa shape index (κ1) is 17.3. The van der Waals surface area contributed by atoms with Crippen molar-refractivity contribution >= 4 is 12.1 Å². The summed E-state index contributed by atoms with van der Waals surface area (Å²) in [6.45, 7) is 1.12. The molecule has 0 aliphatic carbocycles. The molecule has 7 nitrogen and oxygen atoms in total. The van der Waals surface area contributed by atoms with E-state index in [1.165, 1.54) is 25.6 Å². The topological polar surface area (TPSA) is 89.0 Å². The number of carbonyl (C=O) groups is 2. The average molecular weight is 288 g/mol. The predicted molar refractivity (Wildman–Crippen MR) is 69.9 cm³/mol. The molecule has 1 aliphatic rings. The largest absolute Gasteiger partial charge is 1.00 e. The minimum Gasteiger partial charge on any atom is -1.00 e. The molecule has 1 aliphatic heterocycles. The van der Waals surface area contributed by atoms with Crippen LogP contribution in [-0.4, -0.2) is 53.4 Å². The Morgan fingerprint density at radius 3 is 2.62 bits per heavy atom. The SMILES string of the molecule is COC(=O)N1CCC(Oc2cncc(C(=O)O)c2)CC1.[H-].[Li+]. The Balaban J connectivity index is 0.00000220. The van der Waals surface area contributed by atoms with Gasteiger partial charge in [0.2, 0.25) is 0 Å². The fourth-order valence-electron chi connectivity index (χ4n) is 2.08. The number of amides is 1. The maximum Gasteiger partial charge on any atom is 1.00 e. The molecule has 1 aromatic rings. The number of carboxylic acid groups (broad SMARTS) is 1. The summed E-state index contributed by atoms with van der Waals surface area (Å²) in [7, 11) is 1.36. The summed E-state index contributed by atoms with van der Waals surface area (Å²) in [6, 6.07) is 1.45. The maximum absolute atomic E-state index is 11.3. The first-order valence-electron chi connectivity index (χ1n) is 6.28. The van der Waals surface area contributed by atoms with Crippen molar-refractivity contribution in [2.24, 2.45) is 0 Å². The first-order valence-corrected chi connectivity index (χ1v) is 6.28. The second kappa shape index (κ2) is 7.91. The van der Waals surface area contributed by atoms with Gasteiger partial charge in [0.1, 0.15) is 11.9 Å². The van der Waals surface area contributed by atoms with Gasteiger partial charge >= 0.3 is 30.9 Å². The Bertz CT molecular complexity index is 509. The van der Waals surface area contributed by atoms with Crippen molar-refractivity contribution in [1.29, 1.82) is 0 Å². The van der Waals surface area contributed by atoms with Crippen LogP contribution in [0.3, 0.4) is 0 Å². The molecular weight excluding hydrogens is 271 g/mol.